The SMILES string of the molecule is CCCCSSC(=S)c1ccccc1. The molecule has 0 fully saturated rings. The summed E-state index contributed by atoms with van der Waals surface area (Å²) in [6, 6.07) is 10.2. The van der Waals surface area contributed by atoms with E-state index in [0.717, 1.165) is 9.76 Å². The third-order valence-corrected chi connectivity index (χ3v) is 4.84. The smallest absolute Gasteiger partial charge is 0.0881 e. The maximum atomic E-state index is 5.31. The molecule has 1 aromatic rings. The molecular weight excluding hydrogens is 228 g/mol. The average Bonchev–Trinajstić information content (AvgIpc) is 2.25. The molecule has 0 saturated heterocycles. The van der Waals surface area contributed by atoms with Crippen molar-refractivity contribution in [2.75, 3.05) is 5.75 Å². The Hall–Kier alpha value is 0.01000. The van der Waals surface area contributed by atoms with Crippen LogP contribution in [0.4, 0.5) is 0 Å². The Bertz CT molecular complexity index is 269. The highest BCUT2D eigenvalue weighted by Gasteiger charge is 2.00. The first-order chi connectivity index (χ1) is 6.84. The van der Waals surface area contributed by atoms with Gasteiger partial charge in [0.2, 0.25) is 0 Å². The lowest BCUT2D eigenvalue weighted by molar-refractivity contribution is 0.898. The number of rotatable bonds is 5. The summed E-state index contributed by atoms with van der Waals surface area (Å²) in [5.41, 5.74) is 1.16. The molecule has 0 heterocycles. The van der Waals surface area contributed by atoms with E-state index in [9.17, 15) is 0 Å². The third-order valence-electron chi connectivity index (χ3n) is 1.73. The van der Waals surface area contributed by atoms with Crippen molar-refractivity contribution in [2.24, 2.45) is 0 Å². The molecule has 0 saturated carbocycles. The van der Waals surface area contributed by atoms with E-state index in [4.69, 9.17) is 12.2 Å². The molecule has 0 amide bonds. The van der Waals surface area contributed by atoms with Crippen LogP contribution in [0.25, 0.3) is 0 Å². The minimum absolute atomic E-state index is 0.992. The van der Waals surface area contributed by atoms with Gasteiger partial charge in [-0.15, -0.1) is 0 Å². The van der Waals surface area contributed by atoms with E-state index >= 15 is 0 Å². The standard InChI is InChI=1S/C11H14S3/c1-2-3-9-13-14-11(12)10-7-5-4-6-8-10/h4-8H,2-3,9H2,1H3. The fourth-order valence-electron chi connectivity index (χ4n) is 0.921. The molecular formula is C11H14S3. The van der Waals surface area contributed by atoms with E-state index in [1.165, 1.54) is 18.6 Å². The molecule has 0 bridgehead atoms. The first-order valence-corrected chi connectivity index (χ1v) is 7.46. The molecule has 0 atom stereocenters. The minimum Gasteiger partial charge on any atom is -0.0881 e. The monoisotopic (exact) mass is 242 g/mol. The van der Waals surface area contributed by atoms with Gasteiger partial charge in [0.05, 0.1) is 4.20 Å². The Kier molecular flexibility index (Phi) is 6.32. The molecule has 0 nitrogen and oxygen atoms in total. The molecule has 0 aliphatic rings. The first-order valence-electron chi connectivity index (χ1n) is 4.73. The van der Waals surface area contributed by atoms with E-state index < -0.39 is 0 Å². The maximum Gasteiger partial charge on any atom is 0.0885 e. The van der Waals surface area contributed by atoms with E-state index in [-0.39, 0.29) is 0 Å². The van der Waals surface area contributed by atoms with Crippen molar-refractivity contribution in [1.82, 2.24) is 0 Å². The van der Waals surface area contributed by atoms with Crippen molar-refractivity contribution >= 4 is 38.0 Å². The fourth-order valence-corrected chi connectivity index (χ4v) is 3.53. The van der Waals surface area contributed by atoms with Gasteiger partial charge in [0.25, 0.3) is 0 Å². The Balaban J connectivity index is 2.29. The molecule has 0 aromatic heterocycles. The molecule has 3 heteroatoms. The predicted octanol–water partition coefficient (Wildman–Crippen LogP) is 4.54. The van der Waals surface area contributed by atoms with Crippen molar-refractivity contribution in [2.45, 2.75) is 19.8 Å². The number of hydrogen-bond acceptors (Lipinski definition) is 3. The van der Waals surface area contributed by atoms with Crippen LogP contribution in [0.5, 0.6) is 0 Å². The highest BCUT2D eigenvalue weighted by atomic mass is 33.1. The molecule has 14 heavy (non-hydrogen) atoms. The zero-order chi connectivity index (χ0) is 10.2. The van der Waals surface area contributed by atoms with Crippen LogP contribution in [0.2, 0.25) is 0 Å². The highest BCUT2D eigenvalue weighted by Crippen LogP contribution is 2.27. The van der Waals surface area contributed by atoms with E-state index in [1.54, 1.807) is 10.8 Å². The molecule has 76 valence electrons. The van der Waals surface area contributed by atoms with Crippen LogP contribution < -0.4 is 0 Å². The van der Waals surface area contributed by atoms with Crippen molar-refractivity contribution in [3.05, 3.63) is 35.9 Å². The molecule has 1 rings (SSSR count). The number of benzene rings is 1. The topological polar surface area (TPSA) is 0 Å². The second-order valence-electron chi connectivity index (χ2n) is 2.91. The Morgan fingerprint density at radius 2 is 2.00 bits per heavy atom. The van der Waals surface area contributed by atoms with Gasteiger partial charge in [-0.3, -0.25) is 0 Å². The Labute approximate surface area is 99.3 Å². The lowest BCUT2D eigenvalue weighted by Gasteiger charge is -2.01. The van der Waals surface area contributed by atoms with Crippen LogP contribution in [0.15, 0.2) is 30.3 Å². The maximum absolute atomic E-state index is 5.31. The predicted molar refractivity (Wildman–Crippen MR) is 73.1 cm³/mol. The molecule has 0 unspecified atom stereocenters. The zero-order valence-corrected chi connectivity index (χ0v) is 10.7. The van der Waals surface area contributed by atoms with Gasteiger partial charge in [-0.2, -0.15) is 0 Å². The van der Waals surface area contributed by atoms with Gasteiger partial charge in [0, 0.05) is 5.75 Å². The molecule has 0 aliphatic carbocycles. The van der Waals surface area contributed by atoms with Gasteiger partial charge < -0.3 is 0 Å². The fraction of sp³-hybridized carbons (Fsp3) is 0.364. The van der Waals surface area contributed by atoms with Gasteiger partial charge in [-0.05, 0) is 22.8 Å². The van der Waals surface area contributed by atoms with Crippen LogP contribution in [-0.2, 0) is 0 Å². The largest absolute Gasteiger partial charge is 0.0885 e. The summed E-state index contributed by atoms with van der Waals surface area (Å²) in [5.74, 6) is 1.19. The quantitative estimate of drug-likeness (QED) is 0.422. The highest BCUT2D eigenvalue weighted by molar-refractivity contribution is 8.83. The van der Waals surface area contributed by atoms with Crippen molar-refractivity contribution in [1.29, 1.82) is 0 Å². The van der Waals surface area contributed by atoms with Crippen molar-refractivity contribution in [3.8, 4) is 0 Å². The average molecular weight is 242 g/mol. The van der Waals surface area contributed by atoms with Crippen molar-refractivity contribution < 1.29 is 0 Å². The Morgan fingerprint density at radius 3 is 2.64 bits per heavy atom. The molecule has 0 aliphatic heterocycles. The van der Waals surface area contributed by atoms with Gasteiger partial charge in [0.1, 0.15) is 0 Å². The van der Waals surface area contributed by atoms with Crippen LogP contribution in [-0.4, -0.2) is 9.95 Å². The lowest BCUT2D eigenvalue weighted by Crippen LogP contribution is -1.88. The summed E-state index contributed by atoms with van der Waals surface area (Å²) in [7, 11) is 3.57. The summed E-state index contributed by atoms with van der Waals surface area (Å²) in [6.45, 7) is 2.21. The van der Waals surface area contributed by atoms with E-state index in [2.05, 4.69) is 19.1 Å². The third kappa shape index (κ3) is 4.49. The Morgan fingerprint density at radius 1 is 1.29 bits per heavy atom. The minimum atomic E-state index is 0.992. The second kappa shape index (κ2) is 7.32. The molecule has 1 aromatic carbocycles. The van der Waals surface area contributed by atoms with Crippen LogP contribution in [0.3, 0.4) is 0 Å². The van der Waals surface area contributed by atoms with Gasteiger partial charge >= 0.3 is 0 Å². The summed E-state index contributed by atoms with van der Waals surface area (Å²) in [5, 5.41) is 0. The number of hydrogen-bond donors (Lipinski definition) is 0. The van der Waals surface area contributed by atoms with E-state index in [1.807, 2.05) is 29.0 Å². The zero-order valence-electron chi connectivity index (χ0n) is 8.23. The molecule has 0 radical (unpaired) electrons. The van der Waals surface area contributed by atoms with Gasteiger partial charge in [-0.25, -0.2) is 0 Å². The number of thiocarbonyl (C=S) groups is 1. The van der Waals surface area contributed by atoms with Crippen molar-refractivity contribution in [3.63, 3.8) is 0 Å². The lowest BCUT2D eigenvalue weighted by atomic mass is 10.2. The van der Waals surface area contributed by atoms with Crippen LogP contribution in [0.1, 0.15) is 25.3 Å². The van der Waals surface area contributed by atoms with Gasteiger partial charge in [0.15, 0.2) is 0 Å². The second-order valence-corrected chi connectivity index (χ2v) is 6.00. The summed E-state index contributed by atoms with van der Waals surface area (Å²) in [4.78, 5) is 0. The van der Waals surface area contributed by atoms with Gasteiger partial charge in [-0.1, -0.05) is 66.7 Å². The first kappa shape index (κ1) is 12.1. The van der Waals surface area contributed by atoms with Crippen LogP contribution >= 0.6 is 33.8 Å². The molecule has 0 N–H and O–H groups in total. The summed E-state index contributed by atoms with van der Waals surface area (Å²) in [6.07, 6.45) is 2.53. The normalized spacial score (nSPS) is 10.1. The summed E-state index contributed by atoms with van der Waals surface area (Å²) < 4.78 is 0.992. The van der Waals surface area contributed by atoms with E-state index in [0.29, 0.717) is 0 Å². The molecule has 0 spiro atoms. The number of unbranched alkanes of at least 4 members (excludes halogenated alkanes) is 1. The summed E-state index contributed by atoms with van der Waals surface area (Å²) >= 11 is 5.31. The van der Waals surface area contributed by atoms with Crippen LogP contribution in [0, 0.1) is 0 Å².